The highest BCUT2D eigenvalue weighted by atomic mass is 15.2. The highest BCUT2D eigenvalue weighted by Crippen LogP contribution is 2.36. The SMILES string of the molecule is CC(C)C(N)C1(N(C)C)CCCCC1. The van der Waals surface area contributed by atoms with E-state index in [1.807, 2.05) is 0 Å². The zero-order valence-electron chi connectivity index (χ0n) is 10.2. The molecule has 0 saturated heterocycles. The van der Waals surface area contributed by atoms with Crippen LogP contribution in [0, 0.1) is 5.92 Å². The van der Waals surface area contributed by atoms with E-state index >= 15 is 0 Å². The van der Waals surface area contributed by atoms with Crippen LogP contribution in [-0.4, -0.2) is 30.6 Å². The van der Waals surface area contributed by atoms with Crippen LogP contribution < -0.4 is 5.73 Å². The Morgan fingerprint density at radius 1 is 1.07 bits per heavy atom. The molecule has 1 rings (SSSR count). The molecule has 2 heteroatoms. The molecule has 1 aliphatic rings. The Kier molecular flexibility index (Phi) is 3.96. The molecule has 0 aromatic heterocycles. The molecule has 84 valence electrons. The van der Waals surface area contributed by atoms with E-state index in [0.717, 1.165) is 0 Å². The van der Waals surface area contributed by atoms with E-state index in [9.17, 15) is 0 Å². The van der Waals surface area contributed by atoms with Gasteiger partial charge in [-0.25, -0.2) is 0 Å². The molecule has 0 heterocycles. The Bertz CT molecular complexity index is 169. The van der Waals surface area contributed by atoms with Crippen LogP contribution in [0.25, 0.3) is 0 Å². The lowest BCUT2D eigenvalue weighted by Gasteiger charge is -2.48. The van der Waals surface area contributed by atoms with E-state index in [1.54, 1.807) is 0 Å². The Morgan fingerprint density at radius 2 is 1.57 bits per heavy atom. The Labute approximate surface area is 88.8 Å². The molecular weight excluding hydrogens is 172 g/mol. The van der Waals surface area contributed by atoms with Crippen LogP contribution in [0.3, 0.4) is 0 Å². The van der Waals surface area contributed by atoms with E-state index in [0.29, 0.717) is 12.0 Å². The van der Waals surface area contributed by atoms with Gasteiger partial charge >= 0.3 is 0 Å². The number of hydrogen-bond acceptors (Lipinski definition) is 2. The first-order valence-electron chi connectivity index (χ1n) is 5.94. The lowest BCUT2D eigenvalue weighted by atomic mass is 9.72. The first-order valence-corrected chi connectivity index (χ1v) is 5.94. The third kappa shape index (κ3) is 2.12. The normalized spacial score (nSPS) is 24.2. The van der Waals surface area contributed by atoms with Crippen LogP contribution in [-0.2, 0) is 0 Å². The fraction of sp³-hybridized carbons (Fsp3) is 1.00. The summed E-state index contributed by atoms with van der Waals surface area (Å²) in [5.74, 6) is 0.579. The van der Waals surface area contributed by atoms with E-state index in [4.69, 9.17) is 5.73 Å². The molecule has 14 heavy (non-hydrogen) atoms. The van der Waals surface area contributed by atoms with E-state index in [-0.39, 0.29) is 5.54 Å². The van der Waals surface area contributed by atoms with Crippen LogP contribution in [0.2, 0.25) is 0 Å². The minimum atomic E-state index is 0.270. The summed E-state index contributed by atoms with van der Waals surface area (Å²) in [4.78, 5) is 2.37. The summed E-state index contributed by atoms with van der Waals surface area (Å²) in [6.07, 6.45) is 6.64. The van der Waals surface area contributed by atoms with Crippen molar-refractivity contribution in [3.63, 3.8) is 0 Å². The fourth-order valence-corrected chi connectivity index (χ4v) is 2.86. The quantitative estimate of drug-likeness (QED) is 0.753. The lowest BCUT2D eigenvalue weighted by Crippen LogP contribution is -2.60. The van der Waals surface area contributed by atoms with Crippen LogP contribution in [0.5, 0.6) is 0 Å². The molecular formula is C12H26N2. The number of nitrogens with two attached hydrogens (primary N) is 1. The van der Waals surface area contributed by atoms with Crippen molar-refractivity contribution in [2.24, 2.45) is 11.7 Å². The van der Waals surface area contributed by atoms with Crippen LogP contribution >= 0.6 is 0 Å². The van der Waals surface area contributed by atoms with Crippen molar-refractivity contribution in [1.29, 1.82) is 0 Å². The minimum Gasteiger partial charge on any atom is -0.326 e. The van der Waals surface area contributed by atoms with Gasteiger partial charge in [-0.1, -0.05) is 33.1 Å². The largest absolute Gasteiger partial charge is 0.326 e. The number of nitrogens with zero attached hydrogens (tertiary/aromatic N) is 1. The van der Waals surface area contributed by atoms with Crippen molar-refractivity contribution in [3.8, 4) is 0 Å². The average Bonchev–Trinajstić information content (AvgIpc) is 2.17. The van der Waals surface area contributed by atoms with Gasteiger partial charge in [-0.3, -0.25) is 0 Å². The van der Waals surface area contributed by atoms with Gasteiger partial charge < -0.3 is 10.6 Å². The standard InChI is InChI=1S/C12H26N2/c1-10(2)11(13)12(14(3)4)8-6-5-7-9-12/h10-11H,5-9,13H2,1-4H3. The van der Waals surface area contributed by atoms with Gasteiger partial charge in [0.25, 0.3) is 0 Å². The summed E-state index contributed by atoms with van der Waals surface area (Å²) in [6, 6.07) is 0.317. The third-order valence-corrected chi connectivity index (χ3v) is 3.95. The summed E-state index contributed by atoms with van der Waals surface area (Å²) in [5, 5.41) is 0. The smallest absolute Gasteiger partial charge is 0.0356 e. The molecule has 1 fully saturated rings. The summed E-state index contributed by atoms with van der Waals surface area (Å²) >= 11 is 0. The maximum atomic E-state index is 6.39. The molecule has 0 aromatic carbocycles. The summed E-state index contributed by atoms with van der Waals surface area (Å²) < 4.78 is 0. The first kappa shape index (κ1) is 12.0. The molecule has 1 aliphatic carbocycles. The molecule has 0 spiro atoms. The van der Waals surface area contributed by atoms with Gasteiger partial charge in [0, 0.05) is 11.6 Å². The van der Waals surface area contributed by atoms with Gasteiger partial charge in [-0.15, -0.1) is 0 Å². The molecule has 0 aromatic rings. The second-order valence-electron chi connectivity index (χ2n) is 5.33. The van der Waals surface area contributed by atoms with Gasteiger partial charge in [0.05, 0.1) is 0 Å². The third-order valence-electron chi connectivity index (χ3n) is 3.95. The summed E-state index contributed by atoms with van der Waals surface area (Å²) in [5.41, 5.74) is 6.66. The number of hydrogen-bond donors (Lipinski definition) is 1. The Morgan fingerprint density at radius 3 is 1.93 bits per heavy atom. The summed E-state index contributed by atoms with van der Waals surface area (Å²) in [6.45, 7) is 4.48. The first-order chi connectivity index (χ1) is 6.50. The topological polar surface area (TPSA) is 29.3 Å². The zero-order chi connectivity index (χ0) is 10.8. The second kappa shape index (κ2) is 4.63. The van der Waals surface area contributed by atoms with Crippen LogP contribution in [0.1, 0.15) is 46.0 Å². The van der Waals surface area contributed by atoms with E-state index < -0.39 is 0 Å². The molecule has 1 atom stereocenters. The molecule has 1 unspecified atom stereocenters. The molecule has 0 amide bonds. The van der Waals surface area contributed by atoms with Gasteiger partial charge in [-0.2, -0.15) is 0 Å². The van der Waals surface area contributed by atoms with Gasteiger partial charge in [0.15, 0.2) is 0 Å². The molecule has 2 N–H and O–H groups in total. The van der Waals surface area contributed by atoms with Crippen molar-refractivity contribution in [3.05, 3.63) is 0 Å². The van der Waals surface area contributed by atoms with Crippen LogP contribution in [0.4, 0.5) is 0 Å². The molecule has 0 radical (unpaired) electrons. The maximum Gasteiger partial charge on any atom is 0.0356 e. The number of likely N-dealkylation sites (N-methyl/N-ethyl adjacent to an activating group) is 1. The van der Waals surface area contributed by atoms with E-state index in [2.05, 4.69) is 32.8 Å². The average molecular weight is 198 g/mol. The van der Waals surface area contributed by atoms with Crippen molar-refractivity contribution in [2.75, 3.05) is 14.1 Å². The summed E-state index contributed by atoms with van der Waals surface area (Å²) in [7, 11) is 4.38. The highest BCUT2D eigenvalue weighted by molar-refractivity contribution is 5.00. The van der Waals surface area contributed by atoms with Crippen molar-refractivity contribution in [2.45, 2.75) is 57.5 Å². The van der Waals surface area contributed by atoms with E-state index in [1.165, 1.54) is 32.1 Å². The monoisotopic (exact) mass is 198 g/mol. The predicted molar refractivity (Wildman–Crippen MR) is 62.3 cm³/mol. The highest BCUT2D eigenvalue weighted by Gasteiger charge is 2.40. The Hall–Kier alpha value is -0.0800. The van der Waals surface area contributed by atoms with Gasteiger partial charge in [-0.05, 0) is 32.9 Å². The maximum absolute atomic E-state index is 6.39. The van der Waals surface area contributed by atoms with Gasteiger partial charge in [0.2, 0.25) is 0 Å². The van der Waals surface area contributed by atoms with Crippen molar-refractivity contribution in [1.82, 2.24) is 4.90 Å². The molecule has 0 aliphatic heterocycles. The minimum absolute atomic E-state index is 0.270. The predicted octanol–water partition coefficient (Wildman–Crippen LogP) is 2.23. The fourth-order valence-electron chi connectivity index (χ4n) is 2.86. The second-order valence-corrected chi connectivity index (χ2v) is 5.33. The van der Waals surface area contributed by atoms with Gasteiger partial charge in [0.1, 0.15) is 0 Å². The Balaban J connectivity index is 2.79. The van der Waals surface area contributed by atoms with Crippen molar-refractivity contribution < 1.29 is 0 Å². The molecule has 2 nitrogen and oxygen atoms in total. The zero-order valence-corrected chi connectivity index (χ0v) is 10.2. The molecule has 1 saturated carbocycles. The van der Waals surface area contributed by atoms with Crippen molar-refractivity contribution >= 4 is 0 Å². The number of rotatable bonds is 3. The molecule has 0 bridgehead atoms. The van der Waals surface area contributed by atoms with Crippen LogP contribution in [0.15, 0.2) is 0 Å². The lowest BCUT2D eigenvalue weighted by molar-refractivity contribution is 0.0551.